The van der Waals surface area contributed by atoms with Crippen LogP contribution in [-0.2, 0) is 11.3 Å². The number of benzene rings is 2. The molecule has 3 aromatic rings. The molecule has 0 aliphatic carbocycles. The molecule has 0 radical (unpaired) electrons. The fourth-order valence-corrected chi connectivity index (χ4v) is 2.96. The summed E-state index contributed by atoms with van der Waals surface area (Å²) in [6, 6.07) is 13.8. The molecular formula is C21H18N2O3. The summed E-state index contributed by atoms with van der Waals surface area (Å²) in [7, 11) is 0. The van der Waals surface area contributed by atoms with E-state index in [0.29, 0.717) is 16.1 Å². The molecule has 2 aromatic carbocycles. The lowest BCUT2D eigenvalue weighted by atomic mass is 10.0. The number of allylic oxidation sites excluding steroid dienone is 1. The second kappa shape index (κ2) is 7.19. The fourth-order valence-electron chi connectivity index (χ4n) is 2.96. The van der Waals surface area contributed by atoms with E-state index >= 15 is 0 Å². The van der Waals surface area contributed by atoms with Crippen LogP contribution in [-0.4, -0.2) is 20.9 Å². The van der Waals surface area contributed by atoms with Crippen molar-refractivity contribution in [2.45, 2.75) is 13.5 Å². The summed E-state index contributed by atoms with van der Waals surface area (Å²) in [5, 5.41) is 16.6. The molecule has 5 heteroatoms. The number of fused-ring (bicyclic) bond motifs is 1. The van der Waals surface area contributed by atoms with Crippen molar-refractivity contribution >= 4 is 28.9 Å². The first-order valence-electron chi connectivity index (χ1n) is 8.16. The molecule has 0 saturated heterocycles. The first-order chi connectivity index (χ1) is 12.5. The van der Waals surface area contributed by atoms with E-state index in [-0.39, 0.29) is 0 Å². The predicted octanol–water partition coefficient (Wildman–Crippen LogP) is 1.91. The third-order valence-electron chi connectivity index (χ3n) is 4.11. The Morgan fingerprint density at radius 2 is 1.92 bits per heavy atom. The van der Waals surface area contributed by atoms with Gasteiger partial charge in [0, 0.05) is 10.8 Å². The fraction of sp³-hybridized carbons (Fsp3) is 0.0952. The van der Waals surface area contributed by atoms with Crippen molar-refractivity contribution in [1.82, 2.24) is 9.78 Å². The van der Waals surface area contributed by atoms with Gasteiger partial charge in [0.05, 0.1) is 10.9 Å². The van der Waals surface area contributed by atoms with Crippen LogP contribution in [0.4, 0.5) is 0 Å². The van der Waals surface area contributed by atoms with Gasteiger partial charge in [-0.1, -0.05) is 55.1 Å². The van der Waals surface area contributed by atoms with Crippen LogP contribution in [0.3, 0.4) is 0 Å². The standard InChI is InChI=1S/C21H18N2O3/c1-3-7-18-17(4-2)20(22-23(21(18)26)13-19(24)25)16-11-10-14-8-5-6-9-15(14)12-16/h3-12H,1,13H2,2H3,(H,24,25). The van der Waals surface area contributed by atoms with Gasteiger partial charge in [0.2, 0.25) is 0 Å². The zero-order valence-corrected chi connectivity index (χ0v) is 14.3. The van der Waals surface area contributed by atoms with Crippen molar-refractivity contribution in [3.05, 3.63) is 75.9 Å². The summed E-state index contributed by atoms with van der Waals surface area (Å²) in [4.78, 5) is 23.7. The highest BCUT2D eigenvalue weighted by atomic mass is 16.4. The largest absolute Gasteiger partial charge is 0.480 e. The maximum atomic E-state index is 12.6. The van der Waals surface area contributed by atoms with E-state index in [0.717, 1.165) is 21.0 Å². The Morgan fingerprint density at radius 1 is 1.19 bits per heavy atom. The van der Waals surface area contributed by atoms with E-state index in [4.69, 9.17) is 5.11 Å². The summed E-state index contributed by atoms with van der Waals surface area (Å²) >= 11 is 0. The van der Waals surface area contributed by atoms with Crippen molar-refractivity contribution in [3.63, 3.8) is 0 Å². The Balaban J connectivity index is 2.39. The highest BCUT2D eigenvalue weighted by molar-refractivity contribution is 5.86. The van der Waals surface area contributed by atoms with E-state index in [2.05, 4.69) is 11.7 Å². The van der Waals surface area contributed by atoms with Gasteiger partial charge >= 0.3 is 5.97 Å². The molecule has 26 heavy (non-hydrogen) atoms. The van der Waals surface area contributed by atoms with Crippen molar-refractivity contribution < 1.29 is 9.90 Å². The third-order valence-corrected chi connectivity index (χ3v) is 4.11. The first-order valence-corrected chi connectivity index (χ1v) is 8.16. The highest BCUT2D eigenvalue weighted by Crippen LogP contribution is 2.20. The van der Waals surface area contributed by atoms with Crippen molar-refractivity contribution in [2.24, 2.45) is 0 Å². The highest BCUT2D eigenvalue weighted by Gasteiger charge is 2.12. The summed E-state index contributed by atoms with van der Waals surface area (Å²) in [5.74, 6) is -1.12. The minimum Gasteiger partial charge on any atom is -0.480 e. The number of hydrogen-bond donors (Lipinski definition) is 1. The Kier molecular flexibility index (Phi) is 4.80. The van der Waals surface area contributed by atoms with Gasteiger partial charge in [0.1, 0.15) is 6.54 Å². The molecule has 0 atom stereocenters. The molecule has 3 rings (SSSR count). The lowest BCUT2D eigenvalue weighted by Crippen LogP contribution is -2.48. The van der Waals surface area contributed by atoms with Crippen molar-refractivity contribution in [1.29, 1.82) is 0 Å². The smallest absolute Gasteiger partial charge is 0.325 e. The second-order valence-electron chi connectivity index (χ2n) is 5.79. The van der Waals surface area contributed by atoms with Crippen LogP contribution in [0.2, 0.25) is 0 Å². The normalized spacial score (nSPS) is 12.5. The van der Waals surface area contributed by atoms with Gasteiger partial charge in [0.15, 0.2) is 0 Å². The molecule has 1 aromatic heterocycles. The number of rotatable bonds is 4. The number of aliphatic carboxylic acids is 1. The number of carbonyl (C=O) groups is 1. The van der Waals surface area contributed by atoms with Gasteiger partial charge in [0.25, 0.3) is 5.56 Å². The minimum atomic E-state index is -1.12. The second-order valence-corrected chi connectivity index (χ2v) is 5.79. The first kappa shape index (κ1) is 17.4. The maximum Gasteiger partial charge on any atom is 0.325 e. The van der Waals surface area contributed by atoms with Gasteiger partial charge in [-0.3, -0.25) is 9.59 Å². The van der Waals surface area contributed by atoms with Crippen LogP contribution in [0.25, 0.3) is 34.2 Å². The van der Waals surface area contributed by atoms with Gasteiger partial charge in [-0.15, -0.1) is 0 Å². The third kappa shape index (κ3) is 3.19. The molecule has 0 fully saturated rings. The van der Waals surface area contributed by atoms with Crippen LogP contribution in [0.5, 0.6) is 0 Å². The topological polar surface area (TPSA) is 72.2 Å². The van der Waals surface area contributed by atoms with E-state index in [1.165, 1.54) is 6.08 Å². The van der Waals surface area contributed by atoms with E-state index in [1.54, 1.807) is 12.2 Å². The summed E-state index contributed by atoms with van der Waals surface area (Å²) in [5.41, 5.74) is 0.923. The van der Waals surface area contributed by atoms with Gasteiger partial charge < -0.3 is 5.11 Å². The minimum absolute atomic E-state index is 0.377. The van der Waals surface area contributed by atoms with Crippen LogP contribution in [0, 0.1) is 0 Å². The molecular weight excluding hydrogens is 328 g/mol. The number of aromatic nitrogens is 2. The molecule has 0 aliphatic heterocycles. The number of carboxylic acid groups (broad SMARTS) is 1. The number of nitrogens with zero attached hydrogens (tertiary/aromatic N) is 2. The van der Waals surface area contributed by atoms with Crippen LogP contribution >= 0.6 is 0 Å². The Bertz CT molecular complexity index is 1190. The quantitative estimate of drug-likeness (QED) is 0.783. The molecule has 0 amide bonds. The zero-order chi connectivity index (χ0) is 18.7. The average molecular weight is 346 g/mol. The maximum absolute atomic E-state index is 12.6. The molecule has 0 unspecified atom stereocenters. The SMILES string of the molecule is C=CC=c1c(=CC)c(-c2ccc3ccccc3c2)nn(CC(=O)O)c1=O. The average Bonchev–Trinajstić information content (AvgIpc) is 2.64. The van der Waals surface area contributed by atoms with Gasteiger partial charge in [-0.05, 0) is 29.8 Å². The zero-order valence-electron chi connectivity index (χ0n) is 14.3. The number of hydrogen-bond acceptors (Lipinski definition) is 3. The van der Waals surface area contributed by atoms with E-state index < -0.39 is 18.1 Å². The van der Waals surface area contributed by atoms with Crippen LogP contribution in [0.1, 0.15) is 6.92 Å². The lowest BCUT2D eigenvalue weighted by molar-refractivity contribution is -0.138. The summed E-state index contributed by atoms with van der Waals surface area (Å²) in [6.07, 6.45) is 4.90. The Labute approximate surface area is 149 Å². The molecule has 0 saturated carbocycles. The summed E-state index contributed by atoms with van der Waals surface area (Å²) in [6.45, 7) is 4.98. The van der Waals surface area contributed by atoms with Crippen molar-refractivity contribution in [2.75, 3.05) is 0 Å². The van der Waals surface area contributed by atoms with Crippen LogP contribution in [0.15, 0.2) is 59.9 Å². The molecule has 0 spiro atoms. The predicted molar refractivity (Wildman–Crippen MR) is 103 cm³/mol. The van der Waals surface area contributed by atoms with E-state index in [9.17, 15) is 9.59 Å². The summed E-state index contributed by atoms with van der Waals surface area (Å²) < 4.78 is 0.981. The van der Waals surface area contributed by atoms with Gasteiger partial charge in [-0.25, -0.2) is 4.68 Å². The molecule has 1 N–H and O–H groups in total. The molecule has 5 nitrogen and oxygen atoms in total. The molecule has 130 valence electrons. The Morgan fingerprint density at radius 3 is 2.58 bits per heavy atom. The molecule has 0 aliphatic rings. The monoisotopic (exact) mass is 346 g/mol. The number of carboxylic acids is 1. The molecule has 1 heterocycles. The van der Waals surface area contributed by atoms with E-state index in [1.807, 2.05) is 49.4 Å². The Hall–Kier alpha value is -3.47. The van der Waals surface area contributed by atoms with Crippen LogP contribution < -0.4 is 16.0 Å². The van der Waals surface area contributed by atoms with Gasteiger partial charge in [-0.2, -0.15) is 5.10 Å². The lowest BCUT2D eigenvalue weighted by Gasteiger charge is -2.09. The van der Waals surface area contributed by atoms with Crippen molar-refractivity contribution in [3.8, 4) is 11.3 Å². The molecule has 0 bridgehead atoms.